The van der Waals surface area contributed by atoms with Crippen LogP contribution in [-0.4, -0.2) is 9.98 Å². The van der Waals surface area contributed by atoms with Crippen LogP contribution in [0.5, 0.6) is 0 Å². The highest BCUT2D eigenvalue weighted by molar-refractivity contribution is 8.10. The molecule has 0 aromatic rings. The van der Waals surface area contributed by atoms with Crippen molar-refractivity contribution < 1.29 is 4.74 Å². The first-order chi connectivity index (χ1) is 16.0. The van der Waals surface area contributed by atoms with Crippen LogP contribution in [0.1, 0.15) is 118 Å². The number of thiol groups is 1. The smallest absolute Gasteiger partial charge is 0.217 e. The first kappa shape index (κ1) is 26.9. The maximum atomic E-state index is 6.18. The average Bonchev–Trinajstić information content (AvgIpc) is 3.11. The second-order valence-corrected chi connectivity index (χ2v) is 14.9. The zero-order chi connectivity index (χ0) is 24.7. The van der Waals surface area contributed by atoms with Gasteiger partial charge in [-0.2, -0.15) is 0 Å². The minimum absolute atomic E-state index is 0.280. The molecule has 5 unspecified atom stereocenters. The molecule has 9 atom stereocenters. The highest BCUT2D eigenvalue weighted by Crippen LogP contribution is 2.69. The molecule has 0 aromatic carbocycles. The van der Waals surface area contributed by atoms with Crippen molar-refractivity contribution in [1.82, 2.24) is 0 Å². The van der Waals surface area contributed by atoms with E-state index in [-0.39, 0.29) is 5.60 Å². The summed E-state index contributed by atoms with van der Waals surface area (Å²) < 4.78 is 6.54. The third-order valence-electron chi connectivity index (χ3n) is 11.7. The van der Waals surface area contributed by atoms with E-state index in [2.05, 4.69) is 53.2 Å². The van der Waals surface area contributed by atoms with Crippen LogP contribution in [0.2, 0.25) is 0 Å². The van der Waals surface area contributed by atoms with Crippen molar-refractivity contribution in [3.05, 3.63) is 0 Å². The Morgan fingerprint density at radius 1 is 1.00 bits per heavy atom. The van der Waals surface area contributed by atoms with Crippen molar-refractivity contribution in [2.75, 3.05) is 0 Å². The molecule has 4 rings (SSSR count). The molecule has 3 heteroatoms. The van der Waals surface area contributed by atoms with E-state index < -0.39 is 0 Å². The summed E-state index contributed by atoms with van der Waals surface area (Å²) in [5, 5.41) is 0. The second-order valence-electron chi connectivity index (χ2n) is 13.8. The molecule has 0 N–H and O–H groups in total. The highest BCUT2D eigenvalue weighted by atomic mass is 32.1. The molecule has 1 nitrogen and oxygen atoms in total. The fourth-order valence-corrected chi connectivity index (χ4v) is 10.4. The van der Waals surface area contributed by atoms with Crippen LogP contribution in [0.3, 0.4) is 0 Å². The maximum Gasteiger partial charge on any atom is 0.217 e. The van der Waals surface area contributed by atoms with Crippen LogP contribution in [-0.2, 0) is 4.74 Å². The van der Waals surface area contributed by atoms with Gasteiger partial charge in [0.25, 0.3) is 0 Å². The first-order valence-electron chi connectivity index (χ1n) is 14.4. The molecule has 0 radical (unpaired) electrons. The third-order valence-corrected chi connectivity index (χ3v) is 11.9. The van der Waals surface area contributed by atoms with E-state index in [1.807, 2.05) is 0 Å². The number of hydrogen-bond donors (Lipinski definition) is 1. The van der Waals surface area contributed by atoms with Crippen molar-refractivity contribution in [1.29, 1.82) is 0 Å². The average molecular weight is 503 g/mol. The number of fused-ring (bicyclic) bond motifs is 5. The van der Waals surface area contributed by atoms with Gasteiger partial charge in [0, 0.05) is 6.42 Å². The molecule has 4 fully saturated rings. The Hall–Kier alpha value is -0.200. The summed E-state index contributed by atoms with van der Waals surface area (Å²) in [6, 6.07) is 0. The third kappa shape index (κ3) is 4.86. The summed E-state index contributed by atoms with van der Waals surface area (Å²) in [6.07, 6.45) is 22.6. The predicted octanol–water partition coefficient (Wildman–Crippen LogP) is 9.10. The summed E-state index contributed by atoms with van der Waals surface area (Å²) in [5.74, 6) is 9.03. The fraction of sp³-hybridized carbons (Fsp3) is 0.903. The van der Waals surface area contributed by atoms with Crippen molar-refractivity contribution >= 4 is 29.2 Å². The van der Waals surface area contributed by atoms with E-state index in [0.717, 1.165) is 48.3 Å². The standard InChI is InChI=1S/C31H50OS2/c1-7-16-31(32-28(33)34)19-18-29(5)23(20-31)11-12-24-26-14-13-25(22(4)10-8-9-21(2)3)30(26,6)17-15-27(24)29/h1,21-27H,8-20H2,2-6H3,(H,33,34)/t22-,23?,24?,25-,26?,27?,29+,30-,31?/m1/s1. The van der Waals surface area contributed by atoms with Crippen molar-refractivity contribution in [2.24, 2.45) is 52.3 Å². The molecule has 4 saturated carbocycles. The molecule has 0 spiro atoms. The zero-order valence-electron chi connectivity index (χ0n) is 22.6. The SMILES string of the molecule is C#CCC1(OC(=S)S)CC[C@@]2(C)C(CCC3C2CC[C@@]2(C)C3CC[C@@H]2[C@H](C)CCCC(C)C)C1. The first-order valence-corrected chi connectivity index (χ1v) is 15.3. The van der Waals surface area contributed by atoms with E-state index in [1.54, 1.807) is 0 Å². The van der Waals surface area contributed by atoms with Crippen LogP contribution in [0, 0.1) is 64.6 Å². The monoisotopic (exact) mass is 502 g/mol. The van der Waals surface area contributed by atoms with E-state index in [1.165, 1.54) is 64.2 Å². The Balaban J connectivity index is 1.47. The highest BCUT2D eigenvalue weighted by Gasteiger charge is 2.62. The van der Waals surface area contributed by atoms with E-state index in [9.17, 15) is 0 Å². The Morgan fingerprint density at radius 3 is 2.41 bits per heavy atom. The van der Waals surface area contributed by atoms with Crippen LogP contribution < -0.4 is 0 Å². The predicted molar refractivity (Wildman–Crippen MR) is 152 cm³/mol. The van der Waals surface area contributed by atoms with Gasteiger partial charge in [0.1, 0.15) is 5.60 Å². The summed E-state index contributed by atoms with van der Waals surface area (Å²) in [6.45, 7) is 12.7. The summed E-state index contributed by atoms with van der Waals surface area (Å²) in [5.41, 5.74) is 0.730. The topological polar surface area (TPSA) is 9.23 Å². The normalized spacial score (nSPS) is 44.5. The molecule has 0 heterocycles. The van der Waals surface area contributed by atoms with Gasteiger partial charge in [-0.15, -0.1) is 12.3 Å². The van der Waals surface area contributed by atoms with Gasteiger partial charge in [-0.05, 0) is 122 Å². The largest absolute Gasteiger partial charge is 0.471 e. The number of terminal acetylenes is 1. The van der Waals surface area contributed by atoms with Gasteiger partial charge < -0.3 is 4.74 Å². The molecule has 4 aliphatic rings. The van der Waals surface area contributed by atoms with Gasteiger partial charge in [0.2, 0.25) is 4.38 Å². The molecular weight excluding hydrogens is 452 g/mol. The number of ether oxygens (including phenoxy) is 1. The van der Waals surface area contributed by atoms with Crippen LogP contribution in [0.15, 0.2) is 0 Å². The number of thiocarbonyl (C=S) groups is 1. The van der Waals surface area contributed by atoms with E-state index >= 15 is 0 Å². The second kappa shape index (κ2) is 10.3. The minimum atomic E-state index is -0.280. The molecular formula is C31H50OS2. The lowest BCUT2D eigenvalue weighted by Crippen LogP contribution is -2.56. The van der Waals surface area contributed by atoms with Crippen LogP contribution in [0.25, 0.3) is 0 Å². The van der Waals surface area contributed by atoms with Gasteiger partial charge in [0.15, 0.2) is 0 Å². The minimum Gasteiger partial charge on any atom is -0.471 e. The van der Waals surface area contributed by atoms with E-state index in [0.29, 0.717) is 27.6 Å². The Morgan fingerprint density at radius 2 is 1.74 bits per heavy atom. The Labute approximate surface area is 221 Å². The summed E-state index contributed by atoms with van der Waals surface area (Å²) in [7, 11) is 0. The summed E-state index contributed by atoms with van der Waals surface area (Å²) >= 11 is 9.55. The number of hydrogen-bond acceptors (Lipinski definition) is 2. The lowest BCUT2D eigenvalue weighted by molar-refractivity contribution is -0.146. The zero-order valence-corrected chi connectivity index (χ0v) is 24.3. The fourth-order valence-electron chi connectivity index (χ4n) is 9.99. The van der Waals surface area contributed by atoms with Crippen molar-refractivity contribution in [3.8, 4) is 12.3 Å². The van der Waals surface area contributed by atoms with Gasteiger partial charge in [-0.25, -0.2) is 0 Å². The molecule has 34 heavy (non-hydrogen) atoms. The molecule has 0 aliphatic heterocycles. The number of rotatable bonds is 7. The molecule has 4 aliphatic carbocycles. The van der Waals surface area contributed by atoms with Crippen molar-refractivity contribution in [2.45, 2.75) is 124 Å². The van der Waals surface area contributed by atoms with Crippen LogP contribution >= 0.6 is 24.8 Å². The Bertz CT molecular complexity index is 785. The lowest BCUT2D eigenvalue weighted by atomic mass is 9.43. The van der Waals surface area contributed by atoms with E-state index in [4.69, 9.17) is 23.4 Å². The van der Waals surface area contributed by atoms with Crippen molar-refractivity contribution in [3.63, 3.8) is 0 Å². The molecule has 192 valence electrons. The van der Waals surface area contributed by atoms with Crippen LogP contribution in [0.4, 0.5) is 0 Å². The van der Waals surface area contributed by atoms with Gasteiger partial charge in [-0.3, -0.25) is 0 Å². The molecule has 0 bridgehead atoms. The summed E-state index contributed by atoms with van der Waals surface area (Å²) in [4.78, 5) is 0. The maximum absolute atomic E-state index is 6.18. The molecule has 0 saturated heterocycles. The Kier molecular flexibility index (Phi) is 8.12. The van der Waals surface area contributed by atoms with Gasteiger partial charge >= 0.3 is 0 Å². The van der Waals surface area contributed by atoms with Gasteiger partial charge in [-0.1, -0.05) is 66.5 Å². The molecule has 0 aromatic heterocycles. The van der Waals surface area contributed by atoms with Gasteiger partial charge in [0.05, 0.1) is 0 Å². The quantitative estimate of drug-likeness (QED) is 0.211. The lowest BCUT2D eigenvalue weighted by Gasteiger charge is -2.62. The molecule has 0 amide bonds.